The van der Waals surface area contributed by atoms with Crippen molar-refractivity contribution >= 4 is 0 Å². The smallest absolute Gasteiger partial charge is 0.141 e. The lowest BCUT2D eigenvalue weighted by Gasteiger charge is -2.11. The van der Waals surface area contributed by atoms with Crippen molar-refractivity contribution in [1.82, 2.24) is 20.3 Å². The van der Waals surface area contributed by atoms with E-state index in [9.17, 15) is 4.39 Å². The highest BCUT2D eigenvalue weighted by molar-refractivity contribution is 5.42. The zero-order valence-electron chi connectivity index (χ0n) is 12.4. The maximum atomic E-state index is 13.4. The molecule has 1 N–H and O–H groups in total. The van der Waals surface area contributed by atoms with Crippen LogP contribution in [0.1, 0.15) is 43.3 Å². The van der Waals surface area contributed by atoms with Gasteiger partial charge in [0.15, 0.2) is 0 Å². The highest BCUT2D eigenvalue weighted by Crippen LogP contribution is 2.19. The Balaban J connectivity index is 2.34. The first kappa shape index (κ1) is 15.1. The molecule has 2 rings (SSSR count). The average molecular weight is 287 g/mol. The van der Waals surface area contributed by atoms with Crippen LogP contribution in [0.2, 0.25) is 0 Å². The Labute approximate surface area is 123 Å². The molecule has 0 spiro atoms. The number of aromatic nitrogens is 3. The first-order valence-electron chi connectivity index (χ1n) is 6.94. The summed E-state index contributed by atoms with van der Waals surface area (Å²) >= 11 is 0. The number of nitrogens with one attached hydrogen (secondary N) is 1. The highest BCUT2D eigenvalue weighted by atomic mass is 19.1. The second-order valence-electron chi connectivity index (χ2n) is 4.92. The van der Waals surface area contributed by atoms with Crippen molar-refractivity contribution in [3.05, 3.63) is 41.0 Å². The third-order valence-corrected chi connectivity index (χ3v) is 3.36. The van der Waals surface area contributed by atoms with Gasteiger partial charge in [0, 0.05) is 0 Å². The lowest BCUT2D eigenvalue weighted by Crippen LogP contribution is -2.20. The van der Waals surface area contributed by atoms with Crippen LogP contribution in [0, 0.1) is 24.1 Å². The molecule has 0 aliphatic carbocycles. The summed E-state index contributed by atoms with van der Waals surface area (Å²) in [7, 11) is 0. The van der Waals surface area contributed by atoms with Gasteiger partial charge in [-0.15, -0.1) is 5.10 Å². The fourth-order valence-electron chi connectivity index (χ4n) is 2.17. The summed E-state index contributed by atoms with van der Waals surface area (Å²) in [5.74, 6) is -0.530. The van der Waals surface area contributed by atoms with E-state index in [0.717, 1.165) is 24.4 Å². The van der Waals surface area contributed by atoms with Gasteiger partial charge < -0.3 is 5.32 Å². The predicted molar refractivity (Wildman–Crippen MR) is 77.5 cm³/mol. The van der Waals surface area contributed by atoms with Crippen molar-refractivity contribution in [2.24, 2.45) is 0 Å². The van der Waals surface area contributed by atoms with Gasteiger partial charge in [-0.3, -0.25) is 0 Å². The second kappa shape index (κ2) is 6.46. The molecule has 1 unspecified atom stereocenters. The van der Waals surface area contributed by atoms with E-state index in [2.05, 4.69) is 22.6 Å². The largest absolute Gasteiger partial charge is 0.309 e. The summed E-state index contributed by atoms with van der Waals surface area (Å²) in [4.78, 5) is 0. The van der Waals surface area contributed by atoms with Gasteiger partial charge in [-0.05, 0) is 45.0 Å². The Bertz CT molecular complexity index is 671. The summed E-state index contributed by atoms with van der Waals surface area (Å²) in [6, 6.07) is 6.26. The van der Waals surface area contributed by atoms with Crippen molar-refractivity contribution in [2.75, 3.05) is 6.54 Å². The van der Waals surface area contributed by atoms with Gasteiger partial charge in [0.05, 0.1) is 23.0 Å². The van der Waals surface area contributed by atoms with E-state index in [1.807, 2.05) is 19.9 Å². The van der Waals surface area contributed by atoms with E-state index in [-0.39, 0.29) is 11.6 Å². The third-order valence-electron chi connectivity index (χ3n) is 3.36. The molecule has 0 amide bonds. The quantitative estimate of drug-likeness (QED) is 0.918. The van der Waals surface area contributed by atoms with E-state index >= 15 is 0 Å². The summed E-state index contributed by atoms with van der Waals surface area (Å²) in [5, 5.41) is 20.6. The second-order valence-corrected chi connectivity index (χ2v) is 4.92. The van der Waals surface area contributed by atoms with Crippen LogP contribution in [0.4, 0.5) is 4.39 Å². The van der Waals surface area contributed by atoms with Crippen LogP contribution in [-0.4, -0.2) is 21.5 Å². The maximum Gasteiger partial charge on any atom is 0.141 e. The molecule has 0 radical (unpaired) electrons. The highest BCUT2D eigenvalue weighted by Gasteiger charge is 2.16. The van der Waals surface area contributed by atoms with E-state index in [4.69, 9.17) is 5.26 Å². The molecule has 110 valence electrons. The summed E-state index contributed by atoms with van der Waals surface area (Å²) in [6.07, 6.45) is 1.04. The molecule has 0 aliphatic heterocycles. The molecule has 1 heterocycles. The first-order chi connectivity index (χ1) is 10.1. The summed E-state index contributed by atoms with van der Waals surface area (Å²) < 4.78 is 15.0. The number of hydrogen-bond acceptors (Lipinski definition) is 4. The zero-order chi connectivity index (χ0) is 15.4. The molecule has 6 heteroatoms. The molecule has 2 aromatic rings. The lowest BCUT2D eigenvalue weighted by molar-refractivity contribution is 0.555. The van der Waals surface area contributed by atoms with Gasteiger partial charge >= 0.3 is 0 Å². The van der Waals surface area contributed by atoms with Crippen LogP contribution < -0.4 is 5.32 Å². The van der Waals surface area contributed by atoms with E-state index < -0.39 is 5.82 Å². The molecule has 1 atom stereocenters. The average Bonchev–Trinajstić information content (AvgIpc) is 2.87. The van der Waals surface area contributed by atoms with Crippen molar-refractivity contribution in [3.63, 3.8) is 0 Å². The van der Waals surface area contributed by atoms with Gasteiger partial charge in [-0.1, -0.05) is 12.1 Å². The fourth-order valence-corrected chi connectivity index (χ4v) is 2.17. The summed E-state index contributed by atoms with van der Waals surface area (Å²) in [5.41, 5.74) is 2.36. The maximum absolute atomic E-state index is 13.4. The Morgan fingerprint density at radius 1 is 1.48 bits per heavy atom. The predicted octanol–water partition coefficient (Wildman–Crippen LogP) is 2.65. The molecule has 1 aromatic heterocycles. The van der Waals surface area contributed by atoms with E-state index in [1.165, 1.54) is 12.1 Å². The number of nitriles is 1. The topological polar surface area (TPSA) is 66.5 Å². The minimum atomic E-state index is -0.530. The third kappa shape index (κ3) is 3.09. The van der Waals surface area contributed by atoms with Crippen LogP contribution in [0.25, 0.3) is 5.69 Å². The van der Waals surface area contributed by atoms with Gasteiger partial charge in [0.1, 0.15) is 17.6 Å². The molecule has 0 fully saturated rings. The number of halogens is 1. The molecule has 0 saturated heterocycles. The van der Waals surface area contributed by atoms with Crippen molar-refractivity contribution in [2.45, 2.75) is 33.2 Å². The molecule has 0 bridgehead atoms. The lowest BCUT2D eigenvalue weighted by atomic mass is 10.1. The molecule has 1 aromatic carbocycles. The number of hydrogen-bond donors (Lipinski definition) is 1. The monoisotopic (exact) mass is 287 g/mol. The van der Waals surface area contributed by atoms with Gasteiger partial charge in [0.25, 0.3) is 0 Å². The summed E-state index contributed by atoms with van der Waals surface area (Å²) in [6.45, 7) is 6.95. The minimum Gasteiger partial charge on any atom is -0.309 e. The number of rotatable bonds is 5. The normalized spacial score (nSPS) is 12.1. The molecular weight excluding hydrogens is 269 g/mol. The van der Waals surface area contributed by atoms with Crippen LogP contribution >= 0.6 is 0 Å². The molecular formula is C15H18FN5. The van der Waals surface area contributed by atoms with Gasteiger partial charge in [0.2, 0.25) is 0 Å². The Kier molecular flexibility index (Phi) is 4.66. The number of benzene rings is 1. The van der Waals surface area contributed by atoms with Gasteiger partial charge in [-0.25, -0.2) is 9.07 Å². The molecule has 5 nitrogen and oxygen atoms in total. The molecule has 21 heavy (non-hydrogen) atoms. The Hall–Kier alpha value is -2.26. The van der Waals surface area contributed by atoms with Gasteiger partial charge in [-0.2, -0.15) is 5.26 Å². The van der Waals surface area contributed by atoms with Crippen LogP contribution in [0.5, 0.6) is 0 Å². The molecule has 0 saturated carbocycles. The van der Waals surface area contributed by atoms with Crippen molar-refractivity contribution in [3.8, 4) is 11.8 Å². The minimum absolute atomic E-state index is 0.00102. The van der Waals surface area contributed by atoms with Crippen molar-refractivity contribution in [1.29, 1.82) is 5.26 Å². The first-order valence-corrected chi connectivity index (χ1v) is 6.94. The van der Waals surface area contributed by atoms with E-state index in [0.29, 0.717) is 5.69 Å². The standard InChI is InChI=1S/C15H18FN5/c1-4-7-18-10(2)15-11(3)21(20-19-15)13-5-6-14(16)12(8-13)9-17/h5-6,8,10,18H,4,7H2,1-3H3. The zero-order valence-corrected chi connectivity index (χ0v) is 12.4. The molecule has 0 aliphatic rings. The number of nitrogens with zero attached hydrogens (tertiary/aromatic N) is 4. The Morgan fingerprint density at radius 2 is 2.24 bits per heavy atom. The van der Waals surface area contributed by atoms with Crippen LogP contribution in [0.3, 0.4) is 0 Å². The van der Waals surface area contributed by atoms with E-state index in [1.54, 1.807) is 10.7 Å². The SMILES string of the molecule is CCCNC(C)c1nnn(-c2ccc(F)c(C#N)c2)c1C. The van der Waals surface area contributed by atoms with Crippen LogP contribution in [0.15, 0.2) is 18.2 Å². The fraction of sp³-hybridized carbons (Fsp3) is 0.400. The Morgan fingerprint density at radius 3 is 2.90 bits per heavy atom. The van der Waals surface area contributed by atoms with Crippen molar-refractivity contribution < 1.29 is 4.39 Å². The van der Waals surface area contributed by atoms with Crippen LogP contribution in [-0.2, 0) is 0 Å².